The van der Waals surface area contributed by atoms with Crippen LogP contribution < -0.4 is 14.8 Å². The molecule has 7 heteroatoms. The summed E-state index contributed by atoms with van der Waals surface area (Å²) in [6.45, 7) is 7.82. The summed E-state index contributed by atoms with van der Waals surface area (Å²) in [5.74, 6) is 3.20. The van der Waals surface area contributed by atoms with Crippen LogP contribution in [-0.2, 0) is 13.0 Å². The van der Waals surface area contributed by atoms with Crippen molar-refractivity contribution in [1.29, 1.82) is 0 Å². The van der Waals surface area contributed by atoms with Crippen LogP contribution in [0.5, 0.6) is 11.5 Å². The summed E-state index contributed by atoms with van der Waals surface area (Å²) in [5.41, 5.74) is 2.28. The van der Waals surface area contributed by atoms with E-state index < -0.39 is 0 Å². The van der Waals surface area contributed by atoms with Crippen molar-refractivity contribution in [2.75, 3.05) is 34.4 Å². The molecule has 0 saturated carbocycles. The molecule has 1 N–H and O–H groups in total. The van der Waals surface area contributed by atoms with E-state index in [-0.39, 0.29) is 24.0 Å². The maximum atomic E-state index is 5.43. The van der Waals surface area contributed by atoms with Crippen molar-refractivity contribution in [3.63, 3.8) is 0 Å². The summed E-state index contributed by atoms with van der Waals surface area (Å²) >= 11 is 0. The molecule has 6 nitrogen and oxygen atoms in total. The van der Waals surface area contributed by atoms with Crippen LogP contribution in [0.2, 0.25) is 0 Å². The lowest BCUT2D eigenvalue weighted by molar-refractivity contribution is 0.353. The molecule has 0 spiro atoms. The summed E-state index contributed by atoms with van der Waals surface area (Å²) in [6.07, 6.45) is 4.26. The number of furan rings is 1. The van der Waals surface area contributed by atoms with E-state index in [2.05, 4.69) is 23.7 Å². The Hall–Kier alpha value is -2.16. The molecule has 2 aromatic rings. The zero-order chi connectivity index (χ0) is 19.6. The second-order valence-corrected chi connectivity index (χ2v) is 6.19. The van der Waals surface area contributed by atoms with Gasteiger partial charge in [0, 0.05) is 33.1 Å². The first-order valence-corrected chi connectivity index (χ1v) is 8.93. The van der Waals surface area contributed by atoms with Gasteiger partial charge in [0.2, 0.25) is 0 Å². The highest BCUT2D eigenvalue weighted by Crippen LogP contribution is 2.30. The van der Waals surface area contributed by atoms with Gasteiger partial charge in [0.15, 0.2) is 17.5 Å². The average Bonchev–Trinajstić information content (AvgIpc) is 3.19. The maximum absolute atomic E-state index is 5.43. The van der Waals surface area contributed by atoms with Crippen molar-refractivity contribution in [1.82, 2.24) is 10.2 Å². The molecule has 1 aromatic carbocycles. The Morgan fingerprint density at radius 2 is 2.00 bits per heavy atom. The van der Waals surface area contributed by atoms with Gasteiger partial charge in [-0.3, -0.25) is 4.99 Å². The van der Waals surface area contributed by atoms with Gasteiger partial charge >= 0.3 is 0 Å². The number of nitrogens with one attached hydrogen (secondary N) is 1. The average molecular weight is 499 g/mol. The molecule has 0 atom stereocenters. The number of methoxy groups -OCH3 is 2. The summed E-state index contributed by atoms with van der Waals surface area (Å²) < 4.78 is 16.2. The fraction of sp³-hybridized carbons (Fsp3) is 0.381. The van der Waals surface area contributed by atoms with Gasteiger partial charge in [-0.2, -0.15) is 0 Å². The Morgan fingerprint density at radius 1 is 1.29 bits per heavy atom. The minimum Gasteiger partial charge on any atom is -0.493 e. The number of benzene rings is 1. The second-order valence-electron chi connectivity index (χ2n) is 6.19. The molecule has 2 rings (SSSR count). The topological polar surface area (TPSA) is 59.2 Å². The van der Waals surface area contributed by atoms with Gasteiger partial charge < -0.3 is 24.1 Å². The highest BCUT2D eigenvalue weighted by Gasteiger charge is 2.12. The zero-order valence-corrected chi connectivity index (χ0v) is 19.4. The molecule has 0 unspecified atom stereocenters. The van der Waals surface area contributed by atoms with Gasteiger partial charge in [0.1, 0.15) is 5.76 Å². The number of halogens is 1. The Kier molecular flexibility index (Phi) is 10.5. The molecule has 28 heavy (non-hydrogen) atoms. The maximum Gasteiger partial charge on any atom is 0.194 e. The minimum absolute atomic E-state index is 0. The summed E-state index contributed by atoms with van der Waals surface area (Å²) in [7, 11) is 5.30. The number of aliphatic imine (C=N–C) groups is 1. The molecule has 0 aliphatic heterocycles. The SMILES string of the molecule is C=CCNC(=NCCc1ccco1)N(C)Cc1cc(OC)c(OC)cc1C.I. The van der Waals surface area contributed by atoms with E-state index in [0.717, 1.165) is 40.8 Å². The smallest absolute Gasteiger partial charge is 0.194 e. The van der Waals surface area contributed by atoms with Crippen LogP contribution in [0.4, 0.5) is 0 Å². The van der Waals surface area contributed by atoms with Gasteiger partial charge in [-0.15, -0.1) is 30.6 Å². The third-order valence-corrected chi connectivity index (χ3v) is 4.22. The van der Waals surface area contributed by atoms with Crippen molar-refractivity contribution in [2.24, 2.45) is 4.99 Å². The Bertz CT molecular complexity index is 761. The number of aryl methyl sites for hydroxylation is 1. The van der Waals surface area contributed by atoms with Gasteiger partial charge in [-0.25, -0.2) is 0 Å². The molecular weight excluding hydrogens is 469 g/mol. The number of rotatable bonds is 9. The van der Waals surface area contributed by atoms with Crippen molar-refractivity contribution < 1.29 is 13.9 Å². The highest BCUT2D eigenvalue weighted by atomic mass is 127. The molecule has 0 radical (unpaired) electrons. The van der Waals surface area contributed by atoms with Crippen molar-refractivity contribution in [2.45, 2.75) is 19.9 Å². The minimum atomic E-state index is 0. The van der Waals surface area contributed by atoms with E-state index in [1.54, 1.807) is 20.5 Å². The standard InChI is InChI=1S/C21H29N3O3.HI/c1-6-10-22-21(23-11-9-18-8-7-12-27-18)24(3)15-17-14-20(26-5)19(25-4)13-16(17)2;/h6-8,12-14H,1,9-11,15H2,2-5H3,(H,22,23);1H. The van der Waals surface area contributed by atoms with E-state index in [0.29, 0.717) is 19.6 Å². The lowest BCUT2D eigenvalue weighted by Gasteiger charge is -2.23. The monoisotopic (exact) mass is 499 g/mol. The Balaban J connectivity index is 0.00000392. The van der Waals surface area contributed by atoms with E-state index in [4.69, 9.17) is 18.9 Å². The number of hydrogen-bond acceptors (Lipinski definition) is 4. The van der Waals surface area contributed by atoms with Crippen LogP contribution in [-0.4, -0.2) is 45.2 Å². The second kappa shape index (κ2) is 12.3. The molecule has 0 fully saturated rings. The quantitative estimate of drug-likeness (QED) is 0.245. The Labute approximate surface area is 184 Å². The molecule has 0 aliphatic rings. The van der Waals surface area contributed by atoms with Crippen LogP contribution in [0.15, 0.2) is 52.6 Å². The van der Waals surface area contributed by atoms with Crippen LogP contribution >= 0.6 is 24.0 Å². The number of ether oxygens (including phenoxy) is 2. The third kappa shape index (κ3) is 6.78. The summed E-state index contributed by atoms with van der Waals surface area (Å²) in [4.78, 5) is 6.79. The van der Waals surface area contributed by atoms with Crippen LogP contribution in [0.1, 0.15) is 16.9 Å². The van der Waals surface area contributed by atoms with Crippen molar-refractivity contribution in [3.05, 3.63) is 60.1 Å². The number of guanidine groups is 1. The third-order valence-electron chi connectivity index (χ3n) is 4.22. The first-order valence-electron chi connectivity index (χ1n) is 8.93. The van der Waals surface area contributed by atoms with Crippen LogP contribution in [0.3, 0.4) is 0 Å². The van der Waals surface area contributed by atoms with E-state index in [9.17, 15) is 0 Å². The highest BCUT2D eigenvalue weighted by molar-refractivity contribution is 14.0. The van der Waals surface area contributed by atoms with E-state index in [1.165, 1.54) is 0 Å². The van der Waals surface area contributed by atoms with Crippen LogP contribution in [0.25, 0.3) is 0 Å². The van der Waals surface area contributed by atoms with E-state index in [1.807, 2.05) is 37.4 Å². The molecule has 0 aliphatic carbocycles. The molecule has 0 amide bonds. The number of hydrogen-bond donors (Lipinski definition) is 1. The summed E-state index contributed by atoms with van der Waals surface area (Å²) in [6, 6.07) is 7.86. The molecule has 154 valence electrons. The molecule has 0 bridgehead atoms. The Morgan fingerprint density at radius 3 is 2.61 bits per heavy atom. The largest absolute Gasteiger partial charge is 0.493 e. The fourth-order valence-corrected chi connectivity index (χ4v) is 2.73. The molecule has 0 saturated heterocycles. The first kappa shape index (κ1) is 23.9. The van der Waals surface area contributed by atoms with Gasteiger partial charge in [0.05, 0.1) is 20.5 Å². The predicted molar refractivity (Wildman–Crippen MR) is 124 cm³/mol. The van der Waals surface area contributed by atoms with Gasteiger partial charge in [-0.05, 0) is 42.3 Å². The fourth-order valence-electron chi connectivity index (χ4n) is 2.73. The summed E-state index contributed by atoms with van der Waals surface area (Å²) in [5, 5.41) is 3.31. The zero-order valence-electron chi connectivity index (χ0n) is 17.0. The first-order chi connectivity index (χ1) is 13.1. The molecule has 1 aromatic heterocycles. The normalized spacial score (nSPS) is 10.8. The lowest BCUT2D eigenvalue weighted by atomic mass is 10.1. The molecular formula is C21H30IN3O3. The lowest BCUT2D eigenvalue weighted by Crippen LogP contribution is -2.39. The van der Waals surface area contributed by atoms with Crippen LogP contribution in [0, 0.1) is 6.92 Å². The predicted octanol–water partition coefficient (Wildman–Crippen LogP) is 4.03. The van der Waals surface area contributed by atoms with Gasteiger partial charge in [0.25, 0.3) is 0 Å². The number of nitrogens with zero attached hydrogens (tertiary/aromatic N) is 2. The van der Waals surface area contributed by atoms with Crippen molar-refractivity contribution in [3.8, 4) is 11.5 Å². The van der Waals surface area contributed by atoms with E-state index >= 15 is 0 Å². The molecule has 1 heterocycles. The van der Waals surface area contributed by atoms with Crippen molar-refractivity contribution >= 4 is 29.9 Å². The van der Waals surface area contributed by atoms with Gasteiger partial charge in [-0.1, -0.05) is 6.08 Å².